The van der Waals surface area contributed by atoms with Crippen molar-refractivity contribution in [1.82, 2.24) is 10.3 Å². The summed E-state index contributed by atoms with van der Waals surface area (Å²) < 4.78 is 0. The number of carbonyl (C=O) groups is 1. The van der Waals surface area contributed by atoms with Crippen LogP contribution in [0.3, 0.4) is 0 Å². The fourth-order valence-electron chi connectivity index (χ4n) is 2.43. The molecular weight excluding hydrogens is 202 g/mol. The second-order valence-corrected chi connectivity index (χ2v) is 4.87. The maximum absolute atomic E-state index is 11.1. The van der Waals surface area contributed by atoms with Gasteiger partial charge in [0.15, 0.2) is 0 Å². The molecule has 0 spiro atoms. The number of hydrogen-bond donors (Lipinski definition) is 2. The van der Waals surface area contributed by atoms with Crippen molar-refractivity contribution in [3.63, 3.8) is 0 Å². The molecule has 1 rings (SSSR count). The maximum Gasteiger partial charge on any atom is 0.233 e. The van der Waals surface area contributed by atoms with E-state index in [1.165, 1.54) is 32.4 Å². The summed E-state index contributed by atoms with van der Waals surface area (Å²) in [6, 6.07) is 0.492. The average molecular weight is 227 g/mol. The van der Waals surface area contributed by atoms with Crippen LogP contribution in [0, 0.1) is 5.92 Å². The molecule has 0 aromatic heterocycles. The molecule has 2 atom stereocenters. The van der Waals surface area contributed by atoms with Crippen molar-refractivity contribution in [3.05, 3.63) is 0 Å². The highest BCUT2D eigenvalue weighted by Crippen LogP contribution is 2.22. The number of likely N-dealkylation sites (tertiary alicyclic amines) is 1. The van der Waals surface area contributed by atoms with Crippen molar-refractivity contribution >= 4 is 5.91 Å². The number of amides is 1. The van der Waals surface area contributed by atoms with E-state index >= 15 is 0 Å². The monoisotopic (exact) mass is 227 g/mol. The number of piperidine rings is 1. The van der Waals surface area contributed by atoms with Gasteiger partial charge in [-0.25, -0.2) is 5.84 Å². The summed E-state index contributed by atoms with van der Waals surface area (Å²) in [5.74, 6) is 5.85. The Morgan fingerprint density at radius 2 is 2.38 bits per heavy atom. The van der Waals surface area contributed by atoms with Gasteiger partial charge in [-0.1, -0.05) is 13.3 Å². The Morgan fingerprint density at radius 3 is 3.00 bits per heavy atom. The lowest BCUT2D eigenvalue weighted by Crippen LogP contribution is -2.42. The fourth-order valence-corrected chi connectivity index (χ4v) is 2.43. The van der Waals surface area contributed by atoms with Gasteiger partial charge in [0.05, 0.1) is 0 Å². The molecule has 1 fully saturated rings. The SMILES string of the molecule is CCC1CCCN(C(C)CCC(=O)NN)C1. The number of hydrazine groups is 1. The molecule has 2 unspecified atom stereocenters. The molecule has 0 aromatic carbocycles. The van der Waals surface area contributed by atoms with Crippen LogP contribution in [0.15, 0.2) is 0 Å². The topological polar surface area (TPSA) is 58.4 Å². The van der Waals surface area contributed by atoms with Crippen LogP contribution < -0.4 is 11.3 Å². The predicted octanol–water partition coefficient (Wildman–Crippen LogP) is 1.27. The Hall–Kier alpha value is -0.610. The number of carbonyl (C=O) groups excluding carboxylic acids is 1. The molecule has 4 nitrogen and oxygen atoms in total. The lowest BCUT2D eigenvalue weighted by molar-refractivity contribution is -0.121. The smallest absolute Gasteiger partial charge is 0.233 e. The molecule has 0 aliphatic carbocycles. The maximum atomic E-state index is 11.1. The second-order valence-electron chi connectivity index (χ2n) is 4.87. The quantitative estimate of drug-likeness (QED) is 0.422. The molecule has 1 heterocycles. The number of nitrogens with zero attached hydrogens (tertiary/aromatic N) is 1. The normalized spacial score (nSPS) is 24.1. The van der Waals surface area contributed by atoms with Crippen LogP contribution in [0.5, 0.6) is 0 Å². The highest BCUT2D eigenvalue weighted by atomic mass is 16.2. The first-order valence-corrected chi connectivity index (χ1v) is 6.40. The molecule has 1 amide bonds. The number of nitrogens with two attached hydrogens (primary N) is 1. The van der Waals surface area contributed by atoms with Crippen LogP contribution in [0.2, 0.25) is 0 Å². The van der Waals surface area contributed by atoms with Crippen LogP contribution in [0.1, 0.15) is 46.0 Å². The average Bonchev–Trinajstić information content (AvgIpc) is 2.35. The summed E-state index contributed by atoms with van der Waals surface area (Å²) in [6.07, 6.45) is 5.37. The molecule has 1 saturated heterocycles. The van der Waals surface area contributed by atoms with Gasteiger partial charge in [0.2, 0.25) is 5.91 Å². The Bertz CT molecular complexity index is 220. The van der Waals surface area contributed by atoms with E-state index in [0.717, 1.165) is 12.3 Å². The van der Waals surface area contributed by atoms with Gasteiger partial charge in [0, 0.05) is 19.0 Å². The van der Waals surface area contributed by atoms with Crippen molar-refractivity contribution in [2.45, 2.75) is 52.0 Å². The summed E-state index contributed by atoms with van der Waals surface area (Å²) in [5, 5.41) is 0. The molecular formula is C12H25N3O. The number of nitrogens with one attached hydrogen (secondary N) is 1. The van der Waals surface area contributed by atoms with E-state index in [1.807, 2.05) is 0 Å². The molecule has 0 aromatic rings. The van der Waals surface area contributed by atoms with Crippen molar-refractivity contribution in [1.29, 1.82) is 0 Å². The Kier molecular flexibility index (Phi) is 5.77. The summed E-state index contributed by atoms with van der Waals surface area (Å²) in [5.41, 5.74) is 2.19. The zero-order valence-electron chi connectivity index (χ0n) is 10.5. The van der Waals surface area contributed by atoms with E-state index in [9.17, 15) is 4.79 Å². The van der Waals surface area contributed by atoms with Crippen LogP contribution in [0.4, 0.5) is 0 Å². The minimum atomic E-state index is -0.0594. The van der Waals surface area contributed by atoms with E-state index in [2.05, 4.69) is 24.2 Å². The van der Waals surface area contributed by atoms with Crippen molar-refractivity contribution < 1.29 is 4.79 Å². The summed E-state index contributed by atoms with van der Waals surface area (Å²) >= 11 is 0. The van der Waals surface area contributed by atoms with Gasteiger partial charge in [0.1, 0.15) is 0 Å². The third-order valence-corrected chi connectivity index (χ3v) is 3.70. The summed E-state index contributed by atoms with van der Waals surface area (Å²) in [4.78, 5) is 13.6. The lowest BCUT2D eigenvalue weighted by Gasteiger charge is -2.36. The minimum Gasteiger partial charge on any atom is -0.300 e. The van der Waals surface area contributed by atoms with E-state index in [1.54, 1.807) is 0 Å². The highest BCUT2D eigenvalue weighted by Gasteiger charge is 2.22. The lowest BCUT2D eigenvalue weighted by atomic mass is 9.94. The van der Waals surface area contributed by atoms with Crippen LogP contribution in [-0.2, 0) is 4.79 Å². The largest absolute Gasteiger partial charge is 0.300 e. The van der Waals surface area contributed by atoms with Gasteiger partial charge in [-0.3, -0.25) is 10.2 Å². The number of rotatable bonds is 5. The van der Waals surface area contributed by atoms with E-state index in [4.69, 9.17) is 5.84 Å². The Labute approximate surface area is 98.5 Å². The molecule has 1 aliphatic heterocycles. The molecule has 1 aliphatic rings. The summed E-state index contributed by atoms with van der Waals surface area (Å²) in [6.45, 7) is 6.85. The standard InChI is InChI=1S/C12H25N3O/c1-3-11-5-4-8-15(9-11)10(2)6-7-12(16)14-13/h10-11H,3-9,13H2,1-2H3,(H,14,16). The molecule has 4 heteroatoms. The molecule has 0 saturated carbocycles. The van der Waals surface area contributed by atoms with Crippen molar-refractivity contribution in [2.24, 2.45) is 11.8 Å². The molecule has 16 heavy (non-hydrogen) atoms. The highest BCUT2D eigenvalue weighted by molar-refractivity contribution is 5.75. The minimum absolute atomic E-state index is 0.0594. The van der Waals surface area contributed by atoms with Gasteiger partial charge in [0.25, 0.3) is 0 Å². The third-order valence-electron chi connectivity index (χ3n) is 3.70. The van der Waals surface area contributed by atoms with Crippen LogP contribution >= 0.6 is 0 Å². The zero-order chi connectivity index (χ0) is 12.0. The first-order valence-electron chi connectivity index (χ1n) is 6.40. The Morgan fingerprint density at radius 1 is 1.62 bits per heavy atom. The van der Waals surface area contributed by atoms with Crippen LogP contribution in [-0.4, -0.2) is 29.9 Å². The van der Waals surface area contributed by atoms with Crippen molar-refractivity contribution in [3.8, 4) is 0 Å². The van der Waals surface area contributed by atoms with E-state index in [-0.39, 0.29) is 5.91 Å². The predicted molar refractivity (Wildman–Crippen MR) is 65.6 cm³/mol. The second kappa shape index (κ2) is 6.86. The molecule has 3 N–H and O–H groups in total. The summed E-state index contributed by atoms with van der Waals surface area (Å²) in [7, 11) is 0. The number of hydrogen-bond acceptors (Lipinski definition) is 3. The molecule has 0 radical (unpaired) electrons. The Balaban J connectivity index is 2.29. The fraction of sp³-hybridized carbons (Fsp3) is 0.917. The first kappa shape index (κ1) is 13.5. The van der Waals surface area contributed by atoms with Gasteiger partial charge >= 0.3 is 0 Å². The zero-order valence-corrected chi connectivity index (χ0v) is 10.5. The molecule has 94 valence electrons. The van der Waals surface area contributed by atoms with Gasteiger partial charge in [-0.2, -0.15) is 0 Å². The first-order chi connectivity index (χ1) is 7.67. The van der Waals surface area contributed by atoms with Crippen LogP contribution in [0.25, 0.3) is 0 Å². The van der Waals surface area contributed by atoms with E-state index < -0.39 is 0 Å². The van der Waals surface area contributed by atoms with Crippen molar-refractivity contribution in [2.75, 3.05) is 13.1 Å². The molecule has 0 bridgehead atoms. The van der Waals surface area contributed by atoms with Gasteiger partial charge < -0.3 is 4.90 Å². The van der Waals surface area contributed by atoms with E-state index in [0.29, 0.717) is 12.5 Å². The van der Waals surface area contributed by atoms with Gasteiger partial charge in [-0.15, -0.1) is 0 Å². The third kappa shape index (κ3) is 4.10. The van der Waals surface area contributed by atoms with Gasteiger partial charge in [-0.05, 0) is 38.6 Å².